The van der Waals surface area contributed by atoms with Crippen LogP contribution in [0.1, 0.15) is 37.7 Å². The predicted molar refractivity (Wildman–Crippen MR) is 83.1 cm³/mol. The summed E-state index contributed by atoms with van der Waals surface area (Å²) in [5, 5.41) is 0.780. The molecule has 0 radical (unpaired) electrons. The molecule has 112 valence electrons. The van der Waals surface area contributed by atoms with Crippen molar-refractivity contribution in [3.05, 3.63) is 53.6 Å². The molecular weight excluding hydrogens is 284 g/mol. The molecule has 4 heteroatoms. The fourth-order valence-corrected chi connectivity index (χ4v) is 2.96. The molecule has 2 aromatic rings. The van der Waals surface area contributed by atoms with Crippen LogP contribution in [0.4, 0.5) is 0 Å². The van der Waals surface area contributed by atoms with Crippen LogP contribution in [0.25, 0.3) is 0 Å². The van der Waals surface area contributed by atoms with E-state index >= 15 is 0 Å². The van der Waals surface area contributed by atoms with Gasteiger partial charge in [-0.05, 0) is 30.5 Å². The second kappa shape index (κ2) is 7.10. The van der Waals surface area contributed by atoms with Crippen molar-refractivity contribution in [2.45, 2.75) is 51.5 Å². The van der Waals surface area contributed by atoms with E-state index in [-0.39, 0.29) is 0 Å². The van der Waals surface area contributed by atoms with Gasteiger partial charge in [-0.2, -0.15) is 0 Å². The van der Waals surface area contributed by atoms with Gasteiger partial charge in [0.25, 0.3) is 0 Å². The summed E-state index contributed by atoms with van der Waals surface area (Å²) in [6, 6.07) is 7.98. The maximum atomic E-state index is 5.98. The van der Waals surface area contributed by atoms with Crippen LogP contribution in [0, 0.1) is 0 Å². The van der Waals surface area contributed by atoms with Gasteiger partial charge in [0, 0.05) is 5.02 Å². The molecule has 3 nitrogen and oxygen atoms in total. The molecule has 3 rings (SSSR count). The quantitative estimate of drug-likeness (QED) is 0.769. The first-order valence-corrected chi connectivity index (χ1v) is 8.08. The normalized spacial score (nSPS) is 16.2. The molecule has 1 saturated carbocycles. The van der Waals surface area contributed by atoms with E-state index in [0.717, 1.165) is 11.6 Å². The Morgan fingerprint density at radius 1 is 1.14 bits per heavy atom. The summed E-state index contributed by atoms with van der Waals surface area (Å²) in [6.07, 6.45) is 13.1. The molecule has 0 N–H and O–H groups in total. The Kier molecular flexibility index (Phi) is 4.94. The highest BCUT2D eigenvalue weighted by atomic mass is 35.5. The summed E-state index contributed by atoms with van der Waals surface area (Å²) in [6.45, 7) is 1.51. The maximum Gasteiger partial charge on any atom is 0.245 e. The van der Waals surface area contributed by atoms with Crippen LogP contribution < -0.4 is 4.57 Å². The van der Waals surface area contributed by atoms with Crippen LogP contribution in [-0.4, -0.2) is 10.7 Å². The molecular formula is C17H22ClN2O+. The van der Waals surface area contributed by atoms with Gasteiger partial charge in [0.05, 0.1) is 6.10 Å². The first-order valence-electron chi connectivity index (χ1n) is 7.70. The Labute approximate surface area is 131 Å². The summed E-state index contributed by atoms with van der Waals surface area (Å²) in [4.78, 5) is 0. The number of ether oxygens (including phenoxy) is 1. The Morgan fingerprint density at radius 3 is 2.67 bits per heavy atom. The van der Waals surface area contributed by atoms with Gasteiger partial charge in [-0.1, -0.05) is 43.0 Å². The molecule has 0 unspecified atom stereocenters. The highest BCUT2D eigenvalue weighted by molar-refractivity contribution is 6.30. The monoisotopic (exact) mass is 305 g/mol. The van der Waals surface area contributed by atoms with Crippen molar-refractivity contribution in [3.63, 3.8) is 0 Å². The van der Waals surface area contributed by atoms with Crippen LogP contribution in [0.15, 0.2) is 43.0 Å². The van der Waals surface area contributed by atoms with Crippen LogP contribution in [-0.2, 0) is 18.0 Å². The van der Waals surface area contributed by atoms with Crippen molar-refractivity contribution < 1.29 is 9.30 Å². The SMILES string of the molecule is Clc1ccc(C[n+]2ccn(COC3CCCCC3)c2)cc1. The van der Waals surface area contributed by atoms with Crippen molar-refractivity contribution in [2.24, 2.45) is 0 Å². The van der Waals surface area contributed by atoms with Gasteiger partial charge in [0.15, 0.2) is 6.73 Å². The van der Waals surface area contributed by atoms with E-state index in [4.69, 9.17) is 16.3 Å². The molecule has 1 aromatic heterocycles. The molecule has 1 fully saturated rings. The lowest BCUT2D eigenvalue weighted by Crippen LogP contribution is -2.31. The summed E-state index contributed by atoms with van der Waals surface area (Å²) in [5.41, 5.74) is 1.25. The summed E-state index contributed by atoms with van der Waals surface area (Å²) in [7, 11) is 0. The third-order valence-electron chi connectivity index (χ3n) is 4.04. The van der Waals surface area contributed by atoms with E-state index in [2.05, 4.69) is 40.0 Å². The largest absolute Gasteiger partial charge is 0.338 e. The van der Waals surface area contributed by atoms with Crippen molar-refractivity contribution in [2.75, 3.05) is 0 Å². The number of imidazole rings is 1. The molecule has 0 bridgehead atoms. The zero-order valence-electron chi connectivity index (χ0n) is 12.2. The van der Waals surface area contributed by atoms with E-state index in [9.17, 15) is 0 Å². The average molecular weight is 306 g/mol. The van der Waals surface area contributed by atoms with E-state index in [1.165, 1.54) is 37.7 Å². The number of halogens is 1. The Bertz CT molecular complexity index is 558. The van der Waals surface area contributed by atoms with E-state index in [1.807, 2.05) is 12.1 Å². The summed E-state index contributed by atoms with van der Waals surface area (Å²) >= 11 is 5.91. The van der Waals surface area contributed by atoms with Crippen molar-refractivity contribution in [3.8, 4) is 0 Å². The molecule has 0 saturated heterocycles. The van der Waals surface area contributed by atoms with Gasteiger partial charge >= 0.3 is 0 Å². The average Bonchev–Trinajstić information content (AvgIpc) is 2.96. The van der Waals surface area contributed by atoms with Crippen LogP contribution in [0.3, 0.4) is 0 Å². The lowest BCUT2D eigenvalue weighted by Gasteiger charge is -2.20. The number of aromatic nitrogens is 2. The third-order valence-corrected chi connectivity index (χ3v) is 4.29. The Morgan fingerprint density at radius 2 is 1.90 bits per heavy atom. The number of benzene rings is 1. The minimum Gasteiger partial charge on any atom is -0.338 e. The maximum absolute atomic E-state index is 5.98. The number of hydrogen-bond donors (Lipinski definition) is 0. The minimum absolute atomic E-state index is 0.450. The van der Waals surface area contributed by atoms with Gasteiger partial charge in [0.2, 0.25) is 6.33 Å². The molecule has 21 heavy (non-hydrogen) atoms. The highest BCUT2D eigenvalue weighted by Crippen LogP contribution is 2.20. The second-order valence-corrected chi connectivity index (χ2v) is 6.22. The summed E-state index contributed by atoms with van der Waals surface area (Å²) < 4.78 is 10.2. The van der Waals surface area contributed by atoms with Crippen molar-refractivity contribution >= 4 is 11.6 Å². The Hall–Kier alpha value is -1.32. The van der Waals surface area contributed by atoms with Crippen LogP contribution in [0.5, 0.6) is 0 Å². The zero-order valence-corrected chi connectivity index (χ0v) is 13.0. The first kappa shape index (κ1) is 14.6. The predicted octanol–water partition coefficient (Wildman–Crippen LogP) is 3.78. The van der Waals surface area contributed by atoms with Crippen LogP contribution >= 0.6 is 11.6 Å². The molecule has 1 aliphatic rings. The van der Waals surface area contributed by atoms with E-state index in [1.54, 1.807) is 0 Å². The van der Waals surface area contributed by atoms with Gasteiger partial charge in [0.1, 0.15) is 18.9 Å². The first-order chi connectivity index (χ1) is 10.3. The number of nitrogens with zero attached hydrogens (tertiary/aromatic N) is 2. The zero-order chi connectivity index (χ0) is 14.5. The topological polar surface area (TPSA) is 18.0 Å². The highest BCUT2D eigenvalue weighted by Gasteiger charge is 2.15. The van der Waals surface area contributed by atoms with Crippen molar-refractivity contribution in [1.82, 2.24) is 4.57 Å². The molecule has 0 aliphatic heterocycles. The third kappa shape index (κ3) is 4.32. The number of rotatable bonds is 5. The molecule has 1 heterocycles. The van der Waals surface area contributed by atoms with E-state index in [0.29, 0.717) is 12.8 Å². The molecule has 0 amide bonds. The molecule has 1 aromatic carbocycles. The lowest BCUT2D eigenvalue weighted by atomic mass is 9.98. The summed E-state index contributed by atoms with van der Waals surface area (Å²) in [5.74, 6) is 0. The molecule has 0 spiro atoms. The lowest BCUT2D eigenvalue weighted by molar-refractivity contribution is -0.688. The van der Waals surface area contributed by atoms with Crippen LogP contribution in [0.2, 0.25) is 5.02 Å². The van der Waals surface area contributed by atoms with Crippen molar-refractivity contribution in [1.29, 1.82) is 0 Å². The van der Waals surface area contributed by atoms with E-state index < -0.39 is 0 Å². The Balaban J connectivity index is 1.52. The fourth-order valence-electron chi connectivity index (χ4n) is 2.83. The molecule has 0 atom stereocenters. The minimum atomic E-state index is 0.450. The van der Waals surface area contributed by atoms with Gasteiger partial charge in [-0.25, -0.2) is 9.13 Å². The second-order valence-electron chi connectivity index (χ2n) is 5.78. The van der Waals surface area contributed by atoms with Gasteiger partial charge in [-0.15, -0.1) is 0 Å². The smallest absolute Gasteiger partial charge is 0.245 e. The standard InChI is InChI=1S/C17H22ClN2O/c18-16-8-6-15(7-9-16)12-19-10-11-20(13-19)14-21-17-4-2-1-3-5-17/h6-11,13,17H,1-5,12,14H2/q+1. The fraction of sp³-hybridized carbons (Fsp3) is 0.471. The van der Waals surface area contributed by atoms with Gasteiger partial charge < -0.3 is 4.74 Å². The molecule has 1 aliphatic carbocycles. The van der Waals surface area contributed by atoms with Gasteiger partial charge in [-0.3, -0.25) is 0 Å². The number of hydrogen-bond acceptors (Lipinski definition) is 1.